The van der Waals surface area contributed by atoms with Gasteiger partial charge in [0.05, 0.1) is 17.3 Å². The summed E-state index contributed by atoms with van der Waals surface area (Å²) in [5.74, 6) is -3.86. The van der Waals surface area contributed by atoms with Crippen LogP contribution in [0.3, 0.4) is 0 Å². The molecule has 3 aliphatic carbocycles. The average Bonchev–Trinajstić information content (AvgIpc) is 3.27. The Labute approximate surface area is 254 Å². The van der Waals surface area contributed by atoms with Crippen molar-refractivity contribution in [3.8, 4) is 5.75 Å². The van der Waals surface area contributed by atoms with Gasteiger partial charge in [-0.15, -0.1) is 0 Å². The smallest absolute Gasteiger partial charge is 0.233 e. The summed E-state index contributed by atoms with van der Waals surface area (Å²) >= 11 is 6.86. The van der Waals surface area contributed by atoms with Gasteiger partial charge in [0.15, 0.2) is 11.6 Å². The van der Waals surface area contributed by atoms with Gasteiger partial charge in [0.2, 0.25) is 11.8 Å². The normalized spacial score (nSPS) is 29.9. The van der Waals surface area contributed by atoms with Gasteiger partial charge in [-0.2, -0.15) is 0 Å². The molecule has 6 atom stereocenters. The predicted octanol–water partition coefficient (Wildman–Crippen LogP) is 5.89. The third-order valence-corrected chi connectivity index (χ3v) is 10.4. The molecule has 216 valence electrons. The number of allylic oxidation sites excluding steroid dienone is 4. The molecule has 7 heteroatoms. The number of carbonyl (C=O) groups excluding carboxylic acids is 4. The van der Waals surface area contributed by atoms with Crippen molar-refractivity contribution >= 4 is 40.6 Å². The number of carbonyl (C=O) groups is 4. The van der Waals surface area contributed by atoms with E-state index in [2.05, 4.69) is 0 Å². The number of amides is 2. The van der Waals surface area contributed by atoms with Crippen molar-refractivity contribution < 1.29 is 24.3 Å². The van der Waals surface area contributed by atoms with E-state index in [4.69, 9.17) is 11.6 Å². The number of halogens is 1. The Kier molecular flexibility index (Phi) is 6.51. The van der Waals surface area contributed by atoms with Gasteiger partial charge in [0, 0.05) is 29.0 Å². The summed E-state index contributed by atoms with van der Waals surface area (Å²) in [6.45, 7) is 2.08. The van der Waals surface area contributed by atoms with E-state index in [1.807, 2.05) is 66.7 Å². The Morgan fingerprint density at radius 3 is 2.28 bits per heavy atom. The maximum Gasteiger partial charge on any atom is 0.233 e. The zero-order valence-electron chi connectivity index (χ0n) is 23.6. The fraction of sp³-hybridized carbons (Fsp3) is 0.278. The molecule has 0 radical (unpaired) electrons. The average molecular weight is 592 g/mol. The van der Waals surface area contributed by atoms with Crippen LogP contribution in [-0.2, 0) is 24.6 Å². The minimum atomic E-state index is -1.34. The van der Waals surface area contributed by atoms with Crippen molar-refractivity contribution in [2.45, 2.75) is 31.1 Å². The molecule has 0 aromatic heterocycles. The van der Waals surface area contributed by atoms with E-state index in [-0.39, 0.29) is 47.1 Å². The highest BCUT2D eigenvalue weighted by molar-refractivity contribution is 6.33. The molecule has 1 saturated carbocycles. The third kappa shape index (κ3) is 3.85. The lowest BCUT2D eigenvalue weighted by atomic mass is 9.44. The quantitative estimate of drug-likeness (QED) is 0.302. The van der Waals surface area contributed by atoms with E-state index in [0.717, 1.165) is 5.57 Å². The molecule has 1 heterocycles. The van der Waals surface area contributed by atoms with Gasteiger partial charge in [0.1, 0.15) is 5.75 Å². The van der Waals surface area contributed by atoms with Gasteiger partial charge >= 0.3 is 0 Å². The van der Waals surface area contributed by atoms with Gasteiger partial charge < -0.3 is 5.11 Å². The van der Waals surface area contributed by atoms with Gasteiger partial charge in [-0.1, -0.05) is 90.0 Å². The van der Waals surface area contributed by atoms with Crippen molar-refractivity contribution in [3.63, 3.8) is 0 Å². The highest BCUT2D eigenvalue weighted by Gasteiger charge is 2.66. The standard InChI is InChI=1S/C36H30ClNO5/c1-2-38-34(42)25-16-15-23-27(31(25)35(38)43)18-28-33(41)26(20-9-5-3-6-10-20)19-30(40)36(28,21-11-7-4-8-12-21)32(23)24-14-13-22(39)17-29(24)37/h3-15,17,19,25,27-28,31-32,39H,2,16,18H2,1H3. The highest BCUT2D eigenvalue weighted by Crippen LogP contribution is 2.64. The van der Waals surface area contributed by atoms with Crippen molar-refractivity contribution in [3.05, 3.63) is 118 Å². The second-order valence-electron chi connectivity index (χ2n) is 11.9. The lowest BCUT2D eigenvalue weighted by Crippen LogP contribution is -2.58. The predicted molar refractivity (Wildman–Crippen MR) is 162 cm³/mol. The summed E-state index contributed by atoms with van der Waals surface area (Å²) in [5.41, 5.74) is 1.81. The molecular formula is C36H30ClNO5. The highest BCUT2D eigenvalue weighted by atomic mass is 35.5. The van der Waals surface area contributed by atoms with Crippen molar-refractivity contribution in [1.82, 2.24) is 4.90 Å². The minimum Gasteiger partial charge on any atom is -0.508 e. The van der Waals surface area contributed by atoms with E-state index in [1.54, 1.807) is 13.0 Å². The number of imide groups is 1. The van der Waals surface area contributed by atoms with Gasteiger partial charge in [-0.3, -0.25) is 24.1 Å². The third-order valence-electron chi connectivity index (χ3n) is 10.1. The molecule has 2 fully saturated rings. The maximum atomic E-state index is 14.9. The van der Waals surface area contributed by atoms with Crippen LogP contribution < -0.4 is 0 Å². The SMILES string of the molecule is CCN1C(=O)C2CC=C3C(CC4C(=O)C(c5ccccc5)=CC(=O)C4(c4ccccc4)C3c3ccc(O)cc3Cl)C2C1=O. The zero-order chi connectivity index (χ0) is 30.0. The summed E-state index contributed by atoms with van der Waals surface area (Å²) in [6, 6.07) is 23.2. The number of phenolic OH excluding ortho intramolecular Hbond substituents is 1. The molecule has 2 amide bonds. The molecule has 6 unspecified atom stereocenters. The number of fused-ring (bicyclic) bond motifs is 4. The minimum absolute atomic E-state index is 0.0171. The summed E-state index contributed by atoms with van der Waals surface area (Å²) in [4.78, 5) is 58.1. The van der Waals surface area contributed by atoms with Gasteiger partial charge in [-0.05, 0) is 60.6 Å². The fourth-order valence-electron chi connectivity index (χ4n) is 8.35. The van der Waals surface area contributed by atoms with E-state index < -0.39 is 35.0 Å². The molecule has 3 aromatic rings. The second-order valence-corrected chi connectivity index (χ2v) is 12.3. The van der Waals surface area contributed by atoms with Crippen LogP contribution in [0.2, 0.25) is 5.02 Å². The summed E-state index contributed by atoms with van der Waals surface area (Å²) in [5, 5.41) is 10.5. The number of nitrogens with zero attached hydrogens (tertiary/aromatic N) is 1. The molecule has 6 nitrogen and oxygen atoms in total. The first-order valence-electron chi connectivity index (χ1n) is 14.7. The van der Waals surface area contributed by atoms with E-state index in [9.17, 15) is 24.3 Å². The Bertz CT molecular complexity index is 1750. The maximum absolute atomic E-state index is 14.9. The number of likely N-dealkylation sites (tertiary alicyclic amines) is 1. The molecule has 7 rings (SSSR count). The molecule has 43 heavy (non-hydrogen) atoms. The number of aromatic hydroxyl groups is 1. The lowest BCUT2D eigenvalue weighted by molar-refractivity contribution is -0.140. The Morgan fingerprint density at radius 2 is 1.60 bits per heavy atom. The lowest BCUT2D eigenvalue weighted by Gasteiger charge is -2.55. The van der Waals surface area contributed by atoms with Crippen LogP contribution in [0, 0.1) is 23.7 Å². The Hall–Kier alpha value is -4.29. The summed E-state index contributed by atoms with van der Waals surface area (Å²) < 4.78 is 0. The molecule has 1 N–H and O–H groups in total. The number of hydrogen-bond acceptors (Lipinski definition) is 5. The zero-order valence-corrected chi connectivity index (χ0v) is 24.3. The van der Waals surface area contributed by atoms with E-state index in [0.29, 0.717) is 28.7 Å². The first-order chi connectivity index (χ1) is 20.8. The largest absolute Gasteiger partial charge is 0.508 e. The molecular weight excluding hydrogens is 562 g/mol. The second kappa shape index (κ2) is 10.2. The molecule has 0 bridgehead atoms. The van der Waals surface area contributed by atoms with Crippen LogP contribution in [0.15, 0.2) is 96.6 Å². The van der Waals surface area contributed by atoms with Gasteiger partial charge in [-0.25, -0.2) is 0 Å². The van der Waals surface area contributed by atoms with Crippen LogP contribution in [0.25, 0.3) is 5.57 Å². The molecule has 0 spiro atoms. The van der Waals surface area contributed by atoms with Crippen LogP contribution in [0.4, 0.5) is 0 Å². The summed E-state index contributed by atoms with van der Waals surface area (Å²) in [7, 11) is 0. The monoisotopic (exact) mass is 591 g/mol. The molecule has 3 aromatic carbocycles. The van der Waals surface area contributed by atoms with Crippen molar-refractivity contribution in [1.29, 1.82) is 0 Å². The number of rotatable bonds is 4. The van der Waals surface area contributed by atoms with Crippen LogP contribution in [0.1, 0.15) is 42.4 Å². The molecule has 4 aliphatic rings. The number of Topliss-reactive ketones (excluding diaryl/α,β-unsaturated/α-hetero) is 1. The Balaban J connectivity index is 1.53. The van der Waals surface area contributed by atoms with Crippen LogP contribution in [-0.4, -0.2) is 39.9 Å². The first kappa shape index (κ1) is 27.5. The summed E-state index contributed by atoms with van der Waals surface area (Å²) in [6.07, 6.45) is 4.11. The number of benzene rings is 3. The molecule has 1 saturated heterocycles. The fourth-order valence-corrected chi connectivity index (χ4v) is 8.63. The van der Waals surface area contributed by atoms with Crippen molar-refractivity contribution in [2.24, 2.45) is 23.7 Å². The number of ketones is 2. The first-order valence-corrected chi connectivity index (χ1v) is 15.1. The Morgan fingerprint density at radius 1 is 0.907 bits per heavy atom. The van der Waals surface area contributed by atoms with E-state index >= 15 is 0 Å². The molecule has 1 aliphatic heterocycles. The van der Waals surface area contributed by atoms with Crippen LogP contribution >= 0.6 is 11.6 Å². The number of hydrogen-bond donors (Lipinski definition) is 1. The number of phenols is 1. The topological polar surface area (TPSA) is 91.8 Å². The van der Waals surface area contributed by atoms with Crippen LogP contribution in [0.5, 0.6) is 5.75 Å². The van der Waals surface area contributed by atoms with Crippen molar-refractivity contribution in [2.75, 3.05) is 6.54 Å². The van der Waals surface area contributed by atoms with E-state index in [1.165, 1.54) is 23.1 Å². The van der Waals surface area contributed by atoms with Gasteiger partial charge in [0.25, 0.3) is 0 Å².